The number of benzene rings is 2. The normalized spacial score (nSPS) is 18.0. The van der Waals surface area contributed by atoms with Gasteiger partial charge >= 0.3 is 0 Å². The first-order valence-electron chi connectivity index (χ1n) is 25.0. The molecule has 1 N–H and O–H groups in total. The van der Waals surface area contributed by atoms with Crippen LogP contribution < -0.4 is 24.6 Å². The Kier molecular flexibility index (Phi) is 17.6. The van der Waals surface area contributed by atoms with Crippen molar-refractivity contribution in [2.45, 2.75) is 196 Å². The lowest BCUT2D eigenvalue weighted by Gasteiger charge is -2.40. The van der Waals surface area contributed by atoms with Gasteiger partial charge in [0.1, 0.15) is 11.5 Å². The lowest BCUT2D eigenvalue weighted by molar-refractivity contribution is -0.133. The zero-order valence-corrected chi connectivity index (χ0v) is 42.9. The van der Waals surface area contributed by atoms with Crippen molar-refractivity contribution < 1.29 is 38.2 Å². The number of carbonyl (C=O) groups is 6. The quantitative estimate of drug-likeness (QED) is 0.198. The number of hydrogen-bond donors (Lipinski definition) is 1. The minimum Gasteiger partial charge on any atom is -0.476 e. The molecule has 2 aromatic rings. The van der Waals surface area contributed by atoms with E-state index in [1.54, 1.807) is 62.4 Å². The summed E-state index contributed by atoms with van der Waals surface area (Å²) >= 11 is 0. The minimum atomic E-state index is -1.02. The highest BCUT2D eigenvalue weighted by atomic mass is 16.5. The van der Waals surface area contributed by atoms with E-state index in [0.29, 0.717) is 73.0 Å². The highest BCUT2D eigenvalue weighted by Gasteiger charge is 2.44. The Hall–Kier alpha value is -5.14. The van der Waals surface area contributed by atoms with Crippen molar-refractivity contribution >= 4 is 46.8 Å². The Balaban J connectivity index is 0.000000251. The van der Waals surface area contributed by atoms with Crippen LogP contribution in [0.5, 0.6) is 11.5 Å². The highest BCUT2D eigenvalue weighted by molar-refractivity contribution is 6.06. The number of nitrogens with zero attached hydrogens (tertiary/aromatic N) is 5. The maximum absolute atomic E-state index is 13.8. The van der Waals surface area contributed by atoms with Crippen LogP contribution in [0.1, 0.15) is 178 Å². The lowest BCUT2D eigenvalue weighted by Crippen LogP contribution is -2.54. The zero-order valence-electron chi connectivity index (χ0n) is 42.9. The molecule has 0 bridgehead atoms. The number of ether oxygens (including phenoxy) is 2. The number of anilines is 2. The molecule has 2 saturated carbocycles. The first kappa shape index (κ1) is 52.8. The van der Waals surface area contributed by atoms with Crippen molar-refractivity contribution in [1.29, 1.82) is 0 Å². The number of carbonyl (C=O) groups excluding carboxylic acids is 6. The fourth-order valence-corrected chi connectivity index (χ4v) is 10.1. The summed E-state index contributed by atoms with van der Waals surface area (Å²) < 4.78 is 12.1. The Morgan fingerprint density at radius 1 is 0.657 bits per heavy atom. The molecule has 14 nitrogen and oxygen atoms in total. The molecule has 2 aliphatic carbocycles. The van der Waals surface area contributed by atoms with Gasteiger partial charge in [-0.25, -0.2) is 0 Å². The zero-order chi connectivity index (χ0) is 49.5. The minimum absolute atomic E-state index is 0.00807. The summed E-state index contributed by atoms with van der Waals surface area (Å²) in [5.41, 5.74) is 2.03. The summed E-state index contributed by atoms with van der Waals surface area (Å²) in [5.74, 6) is 0.811. The van der Waals surface area contributed by atoms with Gasteiger partial charge in [-0.15, -0.1) is 0 Å². The van der Waals surface area contributed by atoms with Gasteiger partial charge in [-0.1, -0.05) is 52.4 Å². The molecule has 14 heteroatoms. The third kappa shape index (κ3) is 12.1. The molecule has 2 aliphatic heterocycles. The van der Waals surface area contributed by atoms with Crippen LogP contribution >= 0.6 is 0 Å². The van der Waals surface area contributed by atoms with Gasteiger partial charge < -0.3 is 39.3 Å². The number of rotatable bonds is 14. The topological polar surface area (TPSA) is 149 Å². The number of fused-ring (bicyclic) bond motifs is 2. The number of nitrogens with one attached hydrogen (secondary N) is 1. The predicted octanol–water partition coefficient (Wildman–Crippen LogP) is 8.76. The van der Waals surface area contributed by atoms with E-state index in [9.17, 15) is 28.8 Å². The molecule has 0 saturated heterocycles. The van der Waals surface area contributed by atoms with Gasteiger partial charge in [0, 0.05) is 81.4 Å². The summed E-state index contributed by atoms with van der Waals surface area (Å²) in [7, 11) is 1.75. The average molecular weight is 929 g/mol. The molecule has 0 unspecified atom stereocenters. The van der Waals surface area contributed by atoms with Crippen LogP contribution in [0, 0.1) is 13.8 Å². The van der Waals surface area contributed by atoms with E-state index >= 15 is 0 Å². The molecule has 6 rings (SSSR count). The van der Waals surface area contributed by atoms with Crippen LogP contribution in [0.25, 0.3) is 0 Å². The SMILES string of the molecule is CCC(=O)N(C)CCN1C(=O)C(C)(C)Oc2cc(C)c(C(=O)N(C(C)C)C3CCCCC3)cc21.CCC(=O)NCCN1C(=O)C(C)(C)Oc2cc(C)c(C(=O)N(C(C)C)C3CCCCC3)cc21. The number of likely N-dealkylation sites (N-methyl/N-ethyl adjacent to an activating group) is 1. The smallest absolute Gasteiger partial charge is 0.270 e. The molecule has 6 amide bonds. The van der Waals surface area contributed by atoms with Crippen LogP contribution in [0.15, 0.2) is 24.3 Å². The first-order valence-corrected chi connectivity index (χ1v) is 25.0. The summed E-state index contributed by atoms with van der Waals surface area (Å²) in [6.45, 7) is 24.1. The molecule has 0 atom stereocenters. The van der Waals surface area contributed by atoms with Crippen LogP contribution in [0.2, 0.25) is 0 Å². The average Bonchev–Trinajstić information content (AvgIpc) is 3.27. The number of hydrogen-bond acceptors (Lipinski definition) is 8. The largest absolute Gasteiger partial charge is 0.476 e. The molecular weight excluding hydrogens is 849 g/mol. The van der Waals surface area contributed by atoms with E-state index in [0.717, 1.165) is 62.5 Å². The van der Waals surface area contributed by atoms with Crippen molar-refractivity contribution in [3.05, 3.63) is 46.5 Å². The van der Waals surface area contributed by atoms with Gasteiger partial charge in [0.2, 0.25) is 11.8 Å². The monoisotopic (exact) mass is 929 g/mol. The van der Waals surface area contributed by atoms with E-state index in [1.807, 2.05) is 48.8 Å². The van der Waals surface area contributed by atoms with Crippen molar-refractivity contribution in [3.8, 4) is 11.5 Å². The van der Waals surface area contributed by atoms with Gasteiger partial charge in [0.25, 0.3) is 23.6 Å². The van der Waals surface area contributed by atoms with Gasteiger partial charge in [-0.3, -0.25) is 28.8 Å². The molecule has 2 heterocycles. The van der Waals surface area contributed by atoms with Crippen molar-refractivity contribution in [1.82, 2.24) is 20.0 Å². The fraction of sp³-hybridized carbons (Fsp3) is 0.660. The van der Waals surface area contributed by atoms with Crippen molar-refractivity contribution in [2.24, 2.45) is 0 Å². The van der Waals surface area contributed by atoms with Crippen molar-refractivity contribution in [2.75, 3.05) is 43.0 Å². The van der Waals surface area contributed by atoms with Crippen LogP contribution in [0.3, 0.4) is 0 Å². The lowest BCUT2D eigenvalue weighted by atomic mass is 9.92. The Morgan fingerprint density at radius 2 is 1.06 bits per heavy atom. The second-order valence-corrected chi connectivity index (χ2v) is 20.5. The predicted molar refractivity (Wildman–Crippen MR) is 264 cm³/mol. The maximum atomic E-state index is 13.8. The molecule has 370 valence electrons. The Morgan fingerprint density at radius 3 is 1.43 bits per heavy atom. The van der Waals surface area contributed by atoms with E-state index in [4.69, 9.17) is 9.47 Å². The van der Waals surface area contributed by atoms with Crippen LogP contribution in [0.4, 0.5) is 11.4 Å². The van der Waals surface area contributed by atoms with E-state index in [1.165, 1.54) is 12.8 Å². The number of amides is 6. The van der Waals surface area contributed by atoms with Gasteiger partial charge in [0.05, 0.1) is 11.4 Å². The Labute approximate surface area is 400 Å². The highest BCUT2D eigenvalue weighted by Crippen LogP contribution is 2.42. The molecule has 0 spiro atoms. The van der Waals surface area contributed by atoms with Crippen LogP contribution in [-0.2, 0) is 19.2 Å². The molecule has 2 aromatic carbocycles. The second kappa shape index (κ2) is 22.3. The van der Waals surface area contributed by atoms with Crippen LogP contribution in [-0.4, -0.2) is 119 Å². The van der Waals surface area contributed by atoms with E-state index < -0.39 is 11.2 Å². The van der Waals surface area contributed by atoms with Crippen molar-refractivity contribution in [3.63, 3.8) is 0 Å². The number of aryl methyl sites for hydroxylation is 2. The molecule has 4 aliphatic rings. The molecule has 2 fully saturated rings. The maximum Gasteiger partial charge on any atom is 0.270 e. The second-order valence-electron chi connectivity index (χ2n) is 20.5. The fourth-order valence-electron chi connectivity index (χ4n) is 10.1. The van der Waals surface area contributed by atoms with Gasteiger partial charge in [-0.2, -0.15) is 0 Å². The van der Waals surface area contributed by atoms with Gasteiger partial charge in [0.15, 0.2) is 11.2 Å². The summed E-state index contributed by atoms with van der Waals surface area (Å²) in [6, 6.07) is 8.05. The van der Waals surface area contributed by atoms with E-state index in [2.05, 4.69) is 33.0 Å². The standard InChI is InChI=1S/C27H41N3O4.C26H39N3O4/c1-8-24(31)28(7)14-15-29-22-17-21(19(4)16-23(22)34-27(5,6)26(29)33)25(32)30(18(2)3)20-12-10-9-11-13-20;1-7-23(30)27-13-14-28-21-16-20(18(4)15-22(21)33-26(5,6)25(28)32)24(31)29(17(2)3)19-11-9-8-10-12-19/h16-18,20H,8-15H2,1-7H3;15-17,19H,7-14H2,1-6H3,(H,27,30). The van der Waals surface area contributed by atoms with Gasteiger partial charge in [-0.05, 0) is 130 Å². The summed E-state index contributed by atoms with van der Waals surface area (Å²) in [6.07, 6.45) is 12.0. The summed E-state index contributed by atoms with van der Waals surface area (Å²) in [4.78, 5) is 86.9. The molecular formula is C53H80N6O8. The third-order valence-corrected chi connectivity index (χ3v) is 13.8. The first-order chi connectivity index (χ1) is 31.5. The molecule has 67 heavy (non-hydrogen) atoms. The third-order valence-electron chi connectivity index (χ3n) is 13.8. The molecule has 0 radical (unpaired) electrons. The molecule has 0 aromatic heterocycles. The summed E-state index contributed by atoms with van der Waals surface area (Å²) in [5, 5.41) is 2.83. The Bertz CT molecular complexity index is 2140. The van der Waals surface area contributed by atoms with E-state index in [-0.39, 0.29) is 59.6 Å².